The molecule has 0 saturated carbocycles. The third-order valence-electron chi connectivity index (χ3n) is 4.22. The second-order valence-corrected chi connectivity index (χ2v) is 6.59. The maximum atomic E-state index is 12.5. The molecule has 0 aliphatic carbocycles. The monoisotopic (exact) mass is 400 g/mol. The first-order valence-corrected chi connectivity index (χ1v) is 9.29. The lowest BCUT2D eigenvalue weighted by atomic mass is 10.1. The highest BCUT2D eigenvalue weighted by Crippen LogP contribution is 2.21. The molecule has 6 heteroatoms. The minimum Gasteiger partial charge on any atom is -0.488 e. The zero-order valence-electron chi connectivity index (χ0n) is 16.4. The Morgan fingerprint density at radius 2 is 1.77 bits per heavy atom. The van der Waals surface area contributed by atoms with Crippen LogP contribution in [0.5, 0.6) is 5.75 Å². The van der Waals surface area contributed by atoms with Gasteiger partial charge < -0.3 is 14.8 Å². The first-order chi connectivity index (χ1) is 14.5. The average Bonchev–Trinajstić information content (AvgIpc) is 2.77. The Hall–Kier alpha value is -4.11. The Bertz CT molecular complexity index is 1080. The Labute approximate surface area is 174 Å². The predicted molar refractivity (Wildman–Crippen MR) is 112 cm³/mol. The topological polar surface area (TPSA) is 88.4 Å². The van der Waals surface area contributed by atoms with E-state index in [9.17, 15) is 9.59 Å². The van der Waals surface area contributed by atoms with Crippen molar-refractivity contribution in [1.82, 2.24) is 0 Å². The molecule has 0 atom stereocenters. The molecule has 6 nitrogen and oxygen atoms in total. The van der Waals surface area contributed by atoms with Gasteiger partial charge in [-0.2, -0.15) is 5.26 Å². The van der Waals surface area contributed by atoms with Gasteiger partial charge in [-0.25, -0.2) is 4.79 Å². The summed E-state index contributed by atoms with van der Waals surface area (Å²) in [6, 6.07) is 23.0. The van der Waals surface area contributed by atoms with Crippen LogP contribution in [0.4, 0.5) is 5.69 Å². The fourth-order valence-electron chi connectivity index (χ4n) is 2.76. The van der Waals surface area contributed by atoms with Gasteiger partial charge in [0.1, 0.15) is 17.9 Å². The van der Waals surface area contributed by atoms with Gasteiger partial charge in [-0.3, -0.25) is 4.79 Å². The number of esters is 1. The van der Waals surface area contributed by atoms with Crippen LogP contribution in [0.2, 0.25) is 0 Å². The van der Waals surface area contributed by atoms with Crippen LogP contribution >= 0.6 is 0 Å². The number of ether oxygens (including phenoxy) is 2. The van der Waals surface area contributed by atoms with Gasteiger partial charge in [0.15, 0.2) is 6.61 Å². The smallest absolute Gasteiger partial charge is 0.342 e. The highest BCUT2D eigenvalue weighted by Gasteiger charge is 2.15. The van der Waals surface area contributed by atoms with E-state index < -0.39 is 18.5 Å². The lowest BCUT2D eigenvalue weighted by molar-refractivity contribution is -0.119. The van der Waals surface area contributed by atoms with Crippen LogP contribution in [-0.4, -0.2) is 18.5 Å². The van der Waals surface area contributed by atoms with Crippen LogP contribution in [0.1, 0.15) is 27.0 Å². The number of nitriles is 1. The molecule has 0 unspecified atom stereocenters. The standard InChI is InChI=1S/C24H20N2O4/c1-17-5-4-6-19(13-17)15-29-22-8-3-2-7-21(22)24(28)30-16-23(27)26-20-11-9-18(14-25)10-12-20/h2-13H,15-16H2,1H3,(H,26,27). The largest absolute Gasteiger partial charge is 0.488 e. The van der Waals surface area contributed by atoms with Crippen molar-refractivity contribution in [2.24, 2.45) is 0 Å². The van der Waals surface area contributed by atoms with Gasteiger partial charge in [0, 0.05) is 5.69 Å². The molecule has 0 bridgehead atoms. The quantitative estimate of drug-likeness (QED) is 0.599. The molecule has 1 N–H and O–H groups in total. The van der Waals surface area contributed by atoms with Crippen LogP contribution in [-0.2, 0) is 16.1 Å². The maximum Gasteiger partial charge on any atom is 0.342 e. The number of anilines is 1. The summed E-state index contributed by atoms with van der Waals surface area (Å²) in [7, 11) is 0. The number of nitrogens with one attached hydrogen (secondary N) is 1. The Kier molecular flexibility index (Phi) is 6.80. The van der Waals surface area contributed by atoms with E-state index in [2.05, 4.69) is 5.32 Å². The number of amides is 1. The highest BCUT2D eigenvalue weighted by atomic mass is 16.5. The van der Waals surface area contributed by atoms with Crippen molar-refractivity contribution >= 4 is 17.6 Å². The molecular weight excluding hydrogens is 380 g/mol. The third-order valence-corrected chi connectivity index (χ3v) is 4.22. The van der Waals surface area contributed by atoms with Gasteiger partial charge in [0.25, 0.3) is 5.91 Å². The number of hydrogen-bond acceptors (Lipinski definition) is 5. The first kappa shape index (κ1) is 20.6. The molecule has 3 rings (SSSR count). The van der Waals surface area contributed by atoms with Gasteiger partial charge in [0.2, 0.25) is 0 Å². The Morgan fingerprint density at radius 1 is 1.00 bits per heavy atom. The van der Waals surface area contributed by atoms with Crippen LogP contribution in [0.3, 0.4) is 0 Å². The molecule has 0 saturated heterocycles. The molecule has 0 fully saturated rings. The summed E-state index contributed by atoms with van der Waals surface area (Å²) in [5.41, 5.74) is 3.35. The van der Waals surface area contributed by atoms with Crippen LogP contribution in [0, 0.1) is 18.3 Å². The second-order valence-electron chi connectivity index (χ2n) is 6.59. The third kappa shape index (κ3) is 5.69. The number of para-hydroxylation sites is 1. The fraction of sp³-hybridized carbons (Fsp3) is 0.125. The van der Waals surface area contributed by atoms with Crippen molar-refractivity contribution < 1.29 is 19.1 Å². The summed E-state index contributed by atoms with van der Waals surface area (Å²) in [6.45, 7) is 1.87. The van der Waals surface area contributed by atoms with E-state index >= 15 is 0 Å². The normalized spacial score (nSPS) is 10.0. The van der Waals surface area contributed by atoms with Crippen molar-refractivity contribution in [1.29, 1.82) is 5.26 Å². The zero-order valence-corrected chi connectivity index (χ0v) is 16.4. The molecule has 0 spiro atoms. The van der Waals surface area contributed by atoms with Crippen molar-refractivity contribution in [2.75, 3.05) is 11.9 Å². The molecule has 0 aliphatic heterocycles. The lowest BCUT2D eigenvalue weighted by Gasteiger charge is -2.12. The Morgan fingerprint density at radius 3 is 2.50 bits per heavy atom. The lowest BCUT2D eigenvalue weighted by Crippen LogP contribution is -2.21. The van der Waals surface area contributed by atoms with Gasteiger partial charge in [-0.1, -0.05) is 42.0 Å². The highest BCUT2D eigenvalue weighted by molar-refractivity contribution is 5.96. The summed E-state index contributed by atoms with van der Waals surface area (Å²) >= 11 is 0. The predicted octanol–water partition coefficient (Wildman–Crippen LogP) is 4.24. The van der Waals surface area contributed by atoms with E-state index in [1.165, 1.54) is 0 Å². The SMILES string of the molecule is Cc1cccc(COc2ccccc2C(=O)OCC(=O)Nc2ccc(C#N)cc2)c1. The number of nitrogens with zero attached hydrogens (tertiary/aromatic N) is 1. The van der Waals surface area contributed by atoms with Crippen molar-refractivity contribution in [2.45, 2.75) is 13.5 Å². The first-order valence-electron chi connectivity index (χ1n) is 9.29. The Balaban J connectivity index is 1.57. The molecular formula is C24H20N2O4. The van der Waals surface area contributed by atoms with Crippen LogP contribution in [0.15, 0.2) is 72.8 Å². The number of rotatable bonds is 7. The molecule has 30 heavy (non-hydrogen) atoms. The molecule has 150 valence electrons. The van der Waals surface area contributed by atoms with Crippen LogP contribution < -0.4 is 10.1 Å². The molecule has 0 radical (unpaired) electrons. The molecule has 3 aromatic carbocycles. The number of hydrogen-bond donors (Lipinski definition) is 1. The van der Waals surface area contributed by atoms with Crippen molar-refractivity contribution in [3.05, 3.63) is 95.1 Å². The van der Waals surface area contributed by atoms with Gasteiger partial charge in [-0.05, 0) is 48.9 Å². The zero-order chi connectivity index (χ0) is 21.3. The van der Waals surface area contributed by atoms with E-state index in [1.807, 2.05) is 37.3 Å². The average molecular weight is 400 g/mol. The van der Waals surface area contributed by atoms with E-state index in [0.29, 0.717) is 23.6 Å². The number of carbonyl (C=O) groups excluding carboxylic acids is 2. The summed E-state index contributed by atoms with van der Waals surface area (Å²) in [6.07, 6.45) is 0. The summed E-state index contributed by atoms with van der Waals surface area (Å²) in [5.74, 6) is -0.743. The maximum absolute atomic E-state index is 12.5. The van der Waals surface area contributed by atoms with Gasteiger partial charge >= 0.3 is 5.97 Å². The molecule has 0 aromatic heterocycles. The fourth-order valence-corrected chi connectivity index (χ4v) is 2.76. The van der Waals surface area contributed by atoms with E-state index in [0.717, 1.165) is 11.1 Å². The number of aryl methyl sites for hydroxylation is 1. The molecule has 0 aliphatic rings. The van der Waals surface area contributed by atoms with Crippen molar-refractivity contribution in [3.8, 4) is 11.8 Å². The minimum atomic E-state index is -0.648. The van der Waals surface area contributed by atoms with E-state index in [4.69, 9.17) is 14.7 Å². The second kappa shape index (κ2) is 9.89. The molecule has 0 heterocycles. The van der Waals surface area contributed by atoms with Crippen LogP contribution in [0.25, 0.3) is 0 Å². The summed E-state index contributed by atoms with van der Waals surface area (Å²) < 4.78 is 10.9. The van der Waals surface area contributed by atoms with E-state index in [-0.39, 0.29) is 5.56 Å². The summed E-state index contributed by atoms with van der Waals surface area (Å²) in [5, 5.41) is 11.4. The van der Waals surface area contributed by atoms with Gasteiger partial charge in [0.05, 0.1) is 11.6 Å². The van der Waals surface area contributed by atoms with E-state index in [1.54, 1.807) is 48.5 Å². The molecule has 1 amide bonds. The van der Waals surface area contributed by atoms with Crippen molar-refractivity contribution in [3.63, 3.8) is 0 Å². The number of carbonyl (C=O) groups is 2. The summed E-state index contributed by atoms with van der Waals surface area (Å²) in [4.78, 5) is 24.5. The van der Waals surface area contributed by atoms with Gasteiger partial charge in [-0.15, -0.1) is 0 Å². The molecule has 3 aromatic rings. The minimum absolute atomic E-state index is 0.247. The number of benzene rings is 3.